The molecular weight excluding hydrogens is 264 g/mol. The van der Waals surface area contributed by atoms with Gasteiger partial charge in [0.05, 0.1) is 0 Å². The van der Waals surface area contributed by atoms with Gasteiger partial charge in [0.2, 0.25) is 0 Å². The number of nitrogens with one attached hydrogen (secondary N) is 1. The second-order valence-corrected chi connectivity index (χ2v) is 6.11. The van der Waals surface area contributed by atoms with E-state index in [0.29, 0.717) is 5.92 Å². The second-order valence-electron chi connectivity index (χ2n) is 6.11. The number of fused-ring (bicyclic) bond motifs is 1. The van der Waals surface area contributed by atoms with Crippen molar-refractivity contribution in [3.8, 4) is 0 Å². The molecule has 0 aliphatic carbocycles. The summed E-state index contributed by atoms with van der Waals surface area (Å²) in [4.78, 5) is 2.38. The summed E-state index contributed by atoms with van der Waals surface area (Å²) in [6.07, 6.45) is 6.24. The predicted octanol–water partition coefficient (Wildman–Crippen LogP) is 1.58. The Morgan fingerprint density at radius 1 is 1.05 bits per heavy atom. The molecule has 0 radical (unpaired) electrons. The van der Waals surface area contributed by atoms with Crippen LogP contribution in [-0.4, -0.2) is 46.0 Å². The van der Waals surface area contributed by atoms with Crippen LogP contribution < -0.4 is 10.2 Å². The summed E-state index contributed by atoms with van der Waals surface area (Å²) >= 11 is 0. The van der Waals surface area contributed by atoms with Gasteiger partial charge in [0, 0.05) is 25.6 Å². The first-order valence-electron chi connectivity index (χ1n) is 8.10. The van der Waals surface area contributed by atoms with Gasteiger partial charge in [-0.15, -0.1) is 15.3 Å². The maximum absolute atomic E-state index is 4.82. The minimum absolute atomic E-state index is 0.429. The number of anilines is 1. The number of hydrogen-bond acceptors (Lipinski definition) is 5. The van der Waals surface area contributed by atoms with E-state index in [1.54, 1.807) is 0 Å². The van der Waals surface area contributed by atoms with Gasteiger partial charge in [-0.3, -0.25) is 0 Å². The van der Waals surface area contributed by atoms with Crippen molar-refractivity contribution in [3.05, 3.63) is 18.0 Å². The Balaban J connectivity index is 1.68. The Labute approximate surface area is 124 Å². The van der Waals surface area contributed by atoms with Crippen molar-refractivity contribution in [1.29, 1.82) is 0 Å². The lowest BCUT2D eigenvalue weighted by Crippen LogP contribution is -2.31. The summed E-state index contributed by atoms with van der Waals surface area (Å²) in [6.45, 7) is 4.32. The molecule has 6 heteroatoms. The van der Waals surface area contributed by atoms with E-state index in [1.807, 2.05) is 10.6 Å². The topological polar surface area (TPSA) is 58.4 Å². The maximum atomic E-state index is 4.82. The third kappa shape index (κ3) is 2.48. The van der Waals surface area contributed by atoms with E-state index in [2.05, 4.69) is 26.5 Å². The molecule has 1 unspecified atom stereocenters. The zero-order chi connectivity index (χ0) is 14.1. The first-order chi connectivity index (χ1) is 10.4. The van der Waals surface area contributed by atoms with Crippen molar-refractivity contribution in [2.75, 3.05) is 31.1 Å². The van der Waals surface area contributed by atoms with E-state index in [0.717, 1.165) is 43.5 Å². The quantitative estimate of drug-likeness (QED) is 0.908. The summed E-state index contributed by atoms with van der Waals surface area (Å²) in [5, 5.41) is 17.0. The zero-order valence-corrected chi connectivity index (χ0v) is 12.3. The van der Waals surface area contributed by atoms with Crippen LogP contribution in [0.2, 0.25) is 0 Å². The largest absolute Gasteiger partial charge is 0.355 e. The molecule has 2 aromatic rings. The summed E-state index contributed by atoms with van der Waals surface area (Å²) in [6, 6.07) is 4.13. The standard InChI is InChI=1S/C15H22N6/c1-2-9-20(10-3-1)14-7-6-13-17-18-15(21(13)19-14)12-5-4-8-16-11-12/h6-7,12,16H,1-5,8-11H2. The minimum atomic E-state index is 0.429. The first kappa shape index (κ1) is 13.0. The molecule has 112 valence electrons. The SMILES string of the molecule is c1cc2nnc(C3CCCNC3)n2nc1N1CCCCC1. The molecule has 2 saturated heterocycles. The predicted molar refractivity (Wildman–Crippen MR) is 81.7 cm³/mol. The van der Waals surface area contributed by atoms with Crippen LogP contribution in [0.15, 0.2) is 12.1 Å². The highest BCUT2D eigenvalue weighted by Gasteiger charge is 2.22. The highest BCUT2D eigenvalue weighted by Crippen LogP contribution is 2.23. The number of hydrogen-bond donors (Lipinski definition) is 1. The van der Waals surface area contributed by atoms with Gasteiger partial charge in [-0.05, 0) is 50.8 Å². The minimum Gasteiger partial charge on any atom is -0.355 e. The van der Waals surface area contributed by atoms with Gasteiger partial charge < -0.3 is 10.2 Å². The lowest BCUT2D eigenvalue weighted by molar-refractivity contribution is 0.440. The molecule has 2 aromatic heterocycles. The van der Waals surface area contributed by atoms with E-state index in [1.165, 1.54) is 32.1 Å². The fraction of sp³-hybridized carbons (Fsp3) is 0.667. The van der Waals surface area contributed by atoms with Crippen molar-refractivity contribution in [3.63, 3.8) is 0 Å². The third-order valence-corrected chi connectivity index (χ3v) is 4.61. The molecule has 4 heterocycles. The molecule has 2 aliphatic rings. The lowest BCUT2D eigenvalue weighted by atomic mass is 9.99. The normalized spacial score (nSPS) is 23.6. The molecule has 2 aliphatic heterocycles. The molecule has 0 bridgehead atoms. The van der Waals surface area contributed by atoms with Crippen LogP contribution in [0.5, 0.6) is 0 Å². The molecule has 2 fully saturated rings. The van der Waals surface area contributed by atoms with Gasteiger partial charge in [0.25, 0.3) is 0 Å². The molecule has 21 heavy (non-hydrogen) atoms. The molecule has 6 nitrogen and oxygen atoms in total. The Morgan fingerprint density at radius 3 is 2.76 bits per heavy atom. The molecule has 0 spiro atoms. The van der Waals surface area contributed by atoms with E-state index >= 15 is 0 Å². The van der Waals surface area contributed by atoms with Crippen LogP contribution in [-0.2, 0) is 0 Å². The maximum Gasteiger partial charge on any atom is 0.178 e. The van der Waals surface area contributed by atoms with E-state index in [-0.39, 0.29) is 0 Å². The second kappa shape index (κ2) is 5.60. The van der Waals surface area contributed by atoms with Gasteiger partial charge in [0.1, 0.15) is 5.82 Å². The number of piperidine rings is 2. The summed E-state index contributed by atoms with van der Waals surface area (Å²) in [5.41, 5.74) is 0.858. The number of aromatic nitrogens is 4. The van der Waals surface area contributed by atoms with Crippen molar-refractivity contribution in [2.24, 2.45) is 0 Å². The fourth-order valence-electron chi connectivity index (χ4n) is 3.41. The smallest absolute Gasteiger partial charge is 0.178 e. The van der Waals surface area contributed by atoms with Gasteiger partial charge >= 0.3 is 0 Å². The average Bonchev–Trinajstić information content (AvgIpc) is 2.99. The summed E-state index contributed by atoms with van der Waals surface area (Å²) in [5.74, 6) is 2.50. The average molecular weight is 286 g/mol. The van der Waals surface area contributed by atoms with E-state index < -0.39 is 0 Å². The highest BCUT2D eigenvalue weighted by atomic mass is 15.4. The van der Waals surface area contributed by atoms with E-state index in [4.69, 9.17) is 5.10 Å². The Bertz CT molecular complexity index is 610. The Morgan fingerprint density at radius 2 is 1.95 bits per heavy atom. The van der Waals surface area contributed by atoms with E-state index in [9.17, 15) is 0 Å². The molecular formula is C15H22N6. The third-order valence-electron chi connectivity index (χ3n) is 4.61. The Hall–Kier alpha value is -1.69. The monoisotopic (exact) mass is 286 g/mol. The zero-order valence-electron chi connectivity index (χ0n) is 12.3. The highest BCUT2D eigenvalue weighted by molar-refractivity contribution is 5.46. The van der Waals surface area contributed by atoms with Crippen molar-refractivity contribution in [2.45, 2.75) is 38.0 Å². The van der Waals surface area contributed by atoms with Gasteiger partial charge in [-0.1, -0.05) is 0 Å². The first-order valence-corrected chi connectivity index (χ1v) is 8.10. The summed E-state index contributed by atoms with van der Waals surface area (Å²) in [7, 11) is 0. The summed E-state index contributed by atoms with van der Waals surface area (Å²) < 4.78 is 1.96. The molecule has 1 N–H and O–H groups in total. The van der Waals surface area contributed by atoms with Crippen molar-refractivity contribution >= 4 is 11.5 Å². The van der Waals surface area contributed by atoms with Gasteiger partial charge in [0.15, 0.2) is 11.5 Å². The molecule has 0 amide bonds. The van der Waals surface area contributed by atoms with Gasteiger partial charge in [-0.25, -0.2) is 0 Å². The van der Waals surface area contributed by atoms with Crippen LogP contribution in [0.1, 0.15) is 43.8 Å². The van der Waals surface area contributed by atoms with Crippen molar-refractivity contribution in [1.82, 2.24) is 25.1 Å². The molecule has 0 saturated carbocycles. The lowest BCUT2D eigenvalue weighted by Gasteiger charge is -2.27. The van der Waals surface area contributed by atoms with Crippen molar-refractivity contribution < 1.29 is 0 Å². The van der Waals surface area contributed by atoms with Crippen LogP contribution in [0.25, 0.3) is 5.65 Å². The fourth-order valence-corrected chi connectivity index (χ4v) is 3.41. The molecule has 0 aromatic carbocycles. The van der Waals surface area contributed by atoms with Crippen LogP contribution in [0, 0.1) is 0 Å². The van der Waals surface area contributed by atoms with Crippen LogP contribution >= 0.6 is 0 Å². The number of nitrogens with zero attached hydrogens (tertiary/aromatic N) is 5. The molecule has 4 rings (SSSR count). The van der Waals surface area contributed by atoms with Gasteiger partial charge in [-0.2, -0.15) is 4.52 Å². The Kier molecular flexibility index (Phi) is 3.47. The number of rotatable bonds is 2. The van der Waals surface area contributed by atoms with Crippen LogP contribution in [0.4, 0.5) is 5.82 Å². The molecule has 1 atom stereocenters. The van der Waals surface area contributed by atoms with Crippen LogP contribution in [0.3, 0.4) is 0 Å².